The van der Waals surface area contributed by atoms with Crippen LogP contribution in [0.3, 0.4) is 0 Å². The van der Waals surface area contributed by atoms with Crippen molar-refractivity contribution >= 4 is 5.91 Å². The molecule has 0 bridgehead atoms. The summed E-state index contributed by atoms with van der Waals surface area (Å²) >= 11 is 0. The summed E-state index contributed by atoms with van der Waals surface area (Å²) in [7, 11) is 0. The van der Waals surface area contributed by atoms with Gasteiger partial charge < -0.3 is 5.32 Å². The molecular formula is C10H21NO. The van der Waals surface area contributed by atoms with Gasteiger partial charge in [0.05, 0.1) is 0 Å². The highest BCUT2D eigenvalue weighted by molar-refractivity contribution is 5.81. The van der Waals surface area contributed by atoms with Crippen LogP contribution in [0.2, 0.25) is 0 Å². The van der Waals surface area contributed by atoms with Gasteiger partial charge in [-0.05, 0) is 13.3 Å². The van der Waals surface area contributed by atoms with E-state index in [0.717, 1.165) is 12.8 Å². The van der Waals surface area contributed by atoms with Crippen molar-refractivity contribution in [3.8, 4) is 0 Å². The first kappa shape index (κ1) is 11.5. The zero-order valence-electron chi connectivity index (χ0n) is 8.90. The van der Waals surface area contributed by atoms with Crippen molar-refractivity contribution in [2.24, 2.45) is 5.41 Å². The minimum absolute atomic E-state index is 0.142. The summed E-state index contributed by atoms with van der Waals surface area (Å²) in [6, 6.07) is 0.307. The van der Waals surface area contributed by atoms with Gasteiger partial charge >= 0.3 is 0 Å². The molecule has 0 rings (SSSR count). The molecule has 1 atom stereocenters. The largest absolute Gasteiger partial charge is 0.353 e. The Hall–Kier alpha value is -0.530. The van der Waals surface area contributed by atoms with Crippen molar-refractivity contribution in [1.29, 1.82) is 0 Å². The zero-order valence-corrected chi connectivity index (χ0v) is 8.90. The Morgan fingerprint density at radius 2 is 1.92 bits per heavy atom. The van der Waals surface area contributed by atoms with Crippen LogP contribution in [-0.4, -0.2) is 11.9 Å². The molecule has 1 N–H and O–H groups in total. The van der Waals surface area contributed by atoms with Crippen molar-refractivity contribution in [1.82, 2.24) is 5.32 Å². The van der Waals surface area contributed by atoms with Gasteiger partial charge in [0.25, 0.3) is 0 Å². The molecule has 0 aliphatic carbocycles. The molecule has 0 radical (unpaired) electrons. The van der Waals surface area contributed by atoms with Crippen molar-refractivity contribution in [2.75, 3.05) is 0 Å². The second-order valence-corrected chi connectivity index (χ2v) is 4.41. The number of amides is 1. The van der Waals surface area contributed by atoms with E-state index in [4.69, 9.17) is 0 Å². The van der Waals surface area contributed by atoms with Crippen LogP contribution in [0.25, 0.3) is 0 Å². The van der Waals surface area contributed by atoms with E-state index in [2.05, 4.69) is 12.2 Å². The average Bonchev–Trinajstić information content (AvgIpc) is 1.85. The Morgan fingerprint density at radius 1 is 1.42 bits per heavy atom. The zero-order chi connectivity index (χ0) is 9.78. The van der Waals surface area contributed by atoms with E-state index in [1.165, 1.54) is 0 Å². The van der Waals surface area contributed by atoms with Crippen LogP contribution >= 0.6 is 0 Å². The quantitative estimate of drug-likeness (QED) is 0.693. The number of hydrogen-bond donors (Lipinski definition) is 1. The summed E-state index contributed by atoms with van der Waals surface area (Å²) in [4.78, 5) is 11.4. The fourth-order valence-corrected chi connectivity index (χ4v) is 0.945. The van der Waals surface area contributed by atoms with Crippen LogP contribution in [0.1, 0.15) is 47.5 Å². The molecule has 0 aliphatic rings. The van der Waals surface area contributed by atoms with E-state index in [1.807, 2.05) is 27.7 Å². The van der Waals surface area contributed by atoms with Crippen molar-refractivity contribution in [3.63, 3.8) is 0 Å². The third kappa shape index (κ3) is 4.37. The molecule has 0 unspecified atom stereocenters. The van der Waals surface area contributed by atoms with Crippen LogP contribution in [0, 0.1) is 5.41 Å². The Kier molecular flexibility index (Phi) is 4.29. The number of rotatable bonds is 3. The monoisotopic (exact) mass is 171 g/mol. The number of carbonyl (C=O) groups is 1. The lowest BCUT2D eigenvalue weighted by atomic mass is 9.95. The molecule has 0 aromatic carbocycles. The SMILES string of the molecule is CCC[C@@H](C)NC(=O)C(C)(C)C. The third-order valence-electron chi connectivity index (χ3n) is 1.78. The summed E-state index contributed by atoms with van der Waals surface area (Å²) < 4.78 is 0. The van der Waals surface area contributed by atoms with Crippen LogP contribution in [0.5, 0.6) is 0 Å². The summed E-state index contributed by atoms with van der Waals surface area (Å²) in [5.41, 5.74) is -0.262. The highest BCUT2D eigenvalue weighted by atomic mass is 16.2. The third-order valence-corrected chi connectivity index (χ3v) is 1.78. The second-order valence-electron chi connectivity index (χ2n) is 4.41. The fourth-order valence-electron chi connectivity index (χ4n) is 0.945. The van der Waals surface area contributed by atoms with Crippen LogP contribution < -0.4 is 5.32 Å². The average molecular weight is 171 g/mol. The lowest BCUT2D eigenvalue weighted by Gasteiger charge is -2.21. The lowest BCUT2D eigenvalue weighted by Crippen LogP contribution is -2.40. The number of nitrogens with one attached hydrogen (secondary N) is 1. The van der Waals surface area contributed by atoms with Gasteiger partial charge in [-0.25, -0.2) is 0 Å². The predicted molar refractivity (Wildman–Crippen MR) is 52.0 cm³/mol. The normalized spacial score (nSPS) is 14.1. The maximum absolute atomic E-state index is 11.4. The Bertz CT molecular complexity index is 146. The Labute approximate surface area is 75.7 Å². The summed E-state index contributed by atoms with van der Waals surface area (Å²) in [6.45, 7) is 9.97. The van der Waals surface area contributed by atoms with Gasteiger partial charge in [0.15, 0.2) is 0 Å². The van der Waals surface area contributed by atoms with Crippen LogP contribution in [0.4, 0.5) is 0 Å². The van der Waals surface area contributed by atoms with Gasteiger partial charge in [-0.1, -0.05) is 34.1 Å². The number of carbonyl (C=O) groups excluding carboxylic acids is 1. The van der Waals surface area contributed by atoms with E-state index >= 15 is 0 Å². The molecule has 0 aliphatic heterocycles. The number of hydrogen-bond acceptors (Lipinski definition) is 1. The van der Waals surface area contributed by atoms with Gasteiger partial charge in [-0.15, -0.1) is 0 Å². The van der Waals surface area contributed by atoms with E-state index < -0.39 is 0 Å². The molecule has 0 aromatic heterocycles. The minimum Gasteiger partial charge on any atom is -0.353 e. The van der Waals surface area contributed by atoms with Crippen molar-refractivity contribution in [2.45, 2.75) is 53.5 Å². The first-order chi connectivity index (χ1) is 5.38. The van der Waals surface area contributed by atoms with E-state index in [9.17, 15) is 4.79 Å². The maximum atomic E-state index is 11.4. The standard InChI is InChI=1S/C10H21NO/c1-6-7-8(2)11-9(12)10(3,4)5/h8H,6-7H2,1-5H3,(H,11,12)/t8-/m1/s1. The fraction of sp³-hybridized carbons (Fsp3) is 0.900. The lowest BCUT2D eigenvalue weighted by molar-refractivity contribution is -0.129. The van der Waals surface area contributed by atoms with E-state index in [0.29, 0.717) is 6.04 Å². The van der Waals surface area contributed by atoms with Gasteiger partial charge in [0.2, 0.25) is 5.91 Å². The molecule has 2 nitrogen and oxygen atoms in total. The molecule has 2 heteroatoms. The first-order valence-electron chi connectivity index (χ1n) is 4.69. The van der Waals surface area contributed by atoms with Gasteiger partial charge in [0.1, 0.15) is 0 Å². The molecule has 0 aromatic rings. The molecule has 0 heterocycles. The Morgan fingerprint density at radius 3 is 2.25 bits per heavy atom. The second kappa shape index (κ2) is 4.48. The van der Waals surface area contributed by atoms with Crippen LogP contribution in [0.15, 0.2) is 0 Å². The van der Waals surface area contributed by atoms with Gasteiger partial charge in [0, 0.05) is 11.5 Å². The molecule has 12 heavy (non-hydrogen) atoms. The first-order valence-corrected chi connectivity index (χ1v) is 4.69. The molecule has 1 amide bonds. The predicted octanol–water partition coefficient (Wildman–Crippen LogP) is 2.34. The molecule has 72 valence electrons. The molecule has 0 fully saturated rings. The van der Waals surface area contributed by atoms with Crippen molar-refractivity contribution < 1.29 is 4.79 Å². The topological polar surface area (TPSA) is 29.1 Å². The molecule has 0 spiro atoms. The summed E-state index contributed by atoms with van der Waals surface area (Å²) in [5, 5.41) is 2.98. The minimum atomic E-state index is -0.262. The highest BCUT2D eigenvalue weighted by Crippen LogP contribution is 2.13. The van der Waals surface area contributed by atoms with E-state index in [-0.39, 0.29) is 11.3 Å². The van der Waals surface area contributed by atoms with E-state index in [1.54, 1.807) is 0 Å². The molecular weight excluding hydrogens is 150 g/mol. The van der Waals surface area contributed by atoms with Gasteiger partial charge in [-0.3, -0.25) is 4.79 Å². The molecule has 0 saturated carbocycles. The molecule has 0 saturated heterocycles. The van der Waals surface area contributed by atoms with Crippen molar-refractivity contribution in [3.05, 3.63) is 0 Å². The maximum Gasteiger partial charge on any atom is 0.225 e. The smallest absolute Gasteiger partial charge is 0.225 e. The summed E-state index contributed by atoms with van der Waals surface area (Å²) in [5.74, 6) is 0.142. The summed E-state index contributed by atoms with van der Waals surface area (Å²) in [6.07, 6.45) is 2.17. The Balaban J connectivity index is 3.85. The highest BCUT2D eigenvalue weighted by Gasteiger charge is 2.21. The van der Waals surface area contributed by atoms with Gasteiger partial charge in [-0.2, -0.15) is 0 Å². The van der Waals surface area contributed by atoms with Crippen LogP contribution in [-0.2, 0) is 4.79 Å².